The van der Waals surface area contributed by atoms with Gasteiger partial charge in [0.15, 0.2) is 0 Å². The van der Waals surface area contributed by atoms with Crippen LogP contribution in [0.3, 0.4) is 0 Å². The molecule has 1 nitrogen and oxygen atoms in total. The van der Waals surface area contributed by atoms with E-state index in [2.05, 4.69) is 0 Å². The standard InChI is InChI=1S/C3H8O.Pm/c1-3(2)4;/h3-4H,1-2H3;. The molecule has 2 heteroatoms. The Balaban J connectivity index is 0. The van der Waals surface area contributed by atoms with Crippen LogP contribution in [0.15, 0.2) is 0 Å². The maximum absolute atomic E-state index is 8.06. The molecule has 0 saturated carbocycles. The van der Waals surface area contributed by atoms with Crippen molar-refractivity contribution in [2.24, 2.45) is 0 Å². The first-order chi connectivity index (χ1) is 1.73. The average molecular weight is 205 g/mol. The van der Waals surface area contributed by atoms with Gasteiger partial charge in [-0.3, -0.25) is 0 Å². The second kappa shape index (κ2) is 5.30. The van der Waals surface area contributed by atoms with Crippen LogP contribution in [-0.4, -0.2) is 11.2 Å². The van der Waals surface area contributed by atoms with Gasteiger partial charge in [-0.2, -0.15) is 0 Å². The summed E-state index contributed by atoms with van der Waals surface area (Å²) in [6.45, 7) is 3.44. The zero-order chi connectivity index (χ0) is 3.58. The first kappa shape index (κ1) is 9.57. The molecule has 0 amide bonds. The first-order valence-electron chi connectivity index (χ1n) is 1.41. The number of aliphatic hydroxyl groups excluding tert-OH is 1. The summed E-state index contributed by atoms with van der Waals surface area (Å²) in [5.41, 5.74) is 0. The molecule has 0 aromatic heterocycles. The summed E-state index contributed by atoms with van der Waals surface area (Å²) in [7, 11) is 0. The third-order valence-corrected chi connectivity index (χ3v) is 0. The maximum Gasteiger partial charge on any atom is 0.0483 e. The van der Waals surface area contributed by atoms with Crippen molar-refractivity contribution in [2.45, 2.75) is 20.0 Å². The summed E-state index contributed by atoms with van der Waals surface area (Å²) in [4.78, 5) is 0. The molecule has 0 spiro atoms. The minimum atomic E-state index is -0.167. The minimum absolute atomic E-state index is 0. The quantitative estimate of drug-likeness (QED) is 0.606. The second-order valence-corrected chi connectivity index (χ2v) is 1.09. The van der Waals surface area contributed by atoms with Crippen molar-refractivity contribution in [3.05, 3.63) is 0 Å². The minimum Gasteiger partial charge on any atom is -0.394 e. The van der Waals surface area contributed by atoms with Crippen molar-refractivity contribution in [3.8, 4) is 0 Å². The van der Waals surface area contributed by atoms with E-state index in [1.807, 2.05) is 0 Å². The molecule has 0 aliphatic rings. The summed E-state index contributed by atoms with van der Waals surface area (Å²) < 4.78 is 0. The van der Waals surface area contributed by atoms with Crippen LogP contribution >= 0.6 is 0 Å². The molecule has 31 valence electrons. The van der Waals surface area contributed by atoms with Gasteiger partial charge >= 0.3 is 0 Å². The molecule has 0 aromatic carbocycles. The molecule has 1 radical (unpaired) electrons. The Morgan fingerprint density at radius 2 is 1.40 bits per heavy atom. The average Bonchev–Trinajstić information content (AvgIpc) is 0.811. The van der Waals surface area contributed by atoms with Gasteiger partial charge in [0.1, 0.15) is 0 Å². The fraction of sp³-hybridized carbons (Fsp3) is 1.00. The van der Waals surface area contributed by atoms with E-state index in [4.69, 9.17) is 5.11 Å². The van der Waals surface area contributed by atoms with Gasteiger partial charge < -0.3 is 5.11 Å². The van der Waals surface area contributed by atoms with Crippen molar-refractivity contribution < 1.29 is 45.5 Å². The van der Waals surface area contributed by atoms with Crippen LogP contribution < -0.4 is 0 Å². The van der Waals surface area contributed by atoms with Crippen LogP contribution in [0.25, 0.3) is 0 Å². The fourth-order valence-electron chi connectivity index (χ4n) is 0. The summed E-state index contributed by atoms with van der Waals surface area (Å²) in [6, 6.07) is 0. The molecule has 0 aromatic rings. The molecule has 0 aliphatic heterocycles. The number of rotatable bonds is 0. The Morgan fingerprint density at radius 1 is 1.40 bits per heavy atom. The maximum atomic E-state index is 8.06. The molecule has 0 fully saturated rings. The van der Waals surface area contributed by atoms with Crippen molar-refractivity contribution in [1.29, 1.82) is 0 Å². The summed E-state index contributed by atoms with van der Waals surface area (Å²) in [6.07, 6.45) is -0.167. The normalized spacial score (nSPS) is 7.20. The SMILES string of the molecule is CC(C)O.[Pm]. The molecule has 0 bridgehead atoms. The zero-order valence-electron chi connectivity index (χ0n) is 3.47. The Labute approximate surface area is 64.9 Å². The van der Waals surface area contributed by atoms with E-state index in [0.29, 0.717) is 0 Å². The van der Waals surface area contributed by atoms with Gasteiger partial charge in [-0.1, -0.05) is 0 Å². The van der Waals surface area contributed by atoms with Crippen molar-refractivity contribution in [2.75, 3.05) is 0 Å². The second-order valence-electron chi connectivity index (χ2n) is 1.09. The smallest absolute Gasteiger partial charge is 0.0483 e. The predicted octanol–water partition coefficient (Wildman–Crippen LogP) is 0.387. The van der Waals surface area contributed by atoms with Gasteiger partial charge in [0.05, 0.1) is 0 Å². The Hall–Kier alpha value is 1.30. The van der Waals surface area contributed by atoms with Crippen LogP contribution in [0, 0.1) is 40.4 Å². The van der Waals surface area contributed by atoms with Crippen molar-refractivity contribution in [1.82, 2.24) is 0 Å². The van der Waals surface area contributed by atoms with Crippen LogP contribution in [0.1, 0.15) is 13.8 Å². The van der Waals surface area contributed by atoms with Gasteiger partial charge in [-0.25, -0.2) is 0 Å². The van der Waals surface area contributed by atoms with E-state index in [-0.39, 0.29) is 46.5 Å². The Bertz CT molecular complexity index is 11.6. The molecular weight excluding hydrogens is 197 g/mol. The van der Waals surface area contributed by atoms with Crippen LogP contribution in [0.4, 0.5) is 0 Å². The van der Waals surface area contributed by atoms with E-state index in [9.17, 15) is 0 Å². The third-order valence-electron chi connectivity index (χ3n) is 0. The van der Waals surface area contributed by atoms with E-state index >= 15 is 0 Å². The Morgan fingerprint density at radius 3 is 1.40 bits per heavy atom. The van der Waals surface area contributed by atoms with E-state index in [0.717, 1.165) is 0 Å². The largest absolute Gasteiger partial charge is 0.394 e. The molecule has 0 rings (SSSR count). The van der Waals surface area contributed by atoms with Crippen LogP contribution in [0.5, 0.6) is 0 Å². The topological polar surface area (TPSA) is 20.2 Å². The molecule has 0 aliphatic carbocycles. The molecule has 0 saturated heterocycles. The number of hydrogen-bond acceptors (Lipinski definition) is 1. The molecule has 0 unspecified atom stereocenters. The first-order valence-corrected chi connectivity index (χ1v) is 1.41. The summed E-state index contributed by atoms with van der Waals surface area (Å²) >= 11 is 0. The Kier molecular flexibility index (Phi) is 10.1. The molecule has 0 atom stereocenters. The monoisotopic (exact) mass is 205 g/mol. The predicted molar refractivity (Wildman–Crippen MR) is 17.4 cm³/mol. The van der Waals surface area contributed by atoms with E-state index in [1.165, 1.54) is 0 Å². The number of aliphatic hydroxyl groups is 1. The van der Waals surface area contributed by atoms with Gasteiger partial charge in [0.2, 0.25) is 0 Å². The number of hydrogen-bond donors (Lipinski definition) is 1. The van der Waals surface area contributed by atoms with Crippen molar-refractivity contribution in [3.63, 3.8) is 0 Å². The third kappa shape index (κ3) is 34.2. The van der Waals surface area contributed by atoms with Gasteiger partial charge in [-0.15, -0.1) is 0 Å². The fourth-order valence-corrected chi connectivity index (χ4v) is 0. The molecular formula is C3H8OPm. The van der Waals surface area contributed by atoms with Crippen LogP contribution in [0.2, 0.25) is 0 Å². The van der Waals surface area contributed by atoms with Gasteiger partial charge in [0.25, 0.3) is 0 Å². The molecule has 1 N–H and O–H groups in total. The molecule has 5 heavy (non-hydrogen) atoms. The molecule has 0 heterocycles. The van der Waals surface area contributed by atoms with Gasteiger partial charge in [0, 0.05) is 46.5 Å². The van der Waals surface area contributed by atoms with Crippen molar-refractivity contribution >= 4 is 0 Å². The van der Waals surface area contributed by atoms with Gasteiger partial charge in [-0.05, 0) is 13.8 Å². The van der Waals surface area contributed by atoms with E-state index in [1.54, 1.807) is 13.8 Å². The summed E-state index contributed by atoms with van der Waals surface area (Å²) in [5.74, 6) is 0. The summed E-state index contributed by atoms with van der Waals surface area (Å²) in [5, 5.41) is 8.06. The van der Waals surface area contributed by atoms with Crippen LogP contribution in [-0.2, 0) is 0 Å². The zero-order valence-corrected chi connectivity index (χ0v) is 6.34. The van der Waals surface area contributed by atoms with E-state index < -0.39 is 0 Å².